The van der Waals surface area contributed by atoms with E-state index in [1.54, 1.807) is 0 Å². The van der Waals surface area contributed by atoms with E-state index in [4.69, 9.17) is 11.6 Å². The maximum Gasteiger partial charge on any atom is 0.0501 e. The van der Waals surface area contributed by atoms with Gasteiger partial charge in [0.1, 0.15) is 0 Å². The second-order valence-electron chi connectivity index (χ2n) is 5.15. The molecule has 0 spiro atoms. The van der Waals surface area contributed by atoms with Gasteiger partial charge in [0.25, 0.3) is 0 Å². The lowest BCUT2D eigenvalue weighted by atomic mass is 10.1. The third-order valence-electron chi connectivity index (χ3n) is 3.10. The summed E-state index contributed by atoms with van der Waals surface area (Å²) in [4.78, 5) is 0. The summed E-state index contributed by atoms with van der Waals surface area (Å²) in [7, 11) is -0.882. The van der Waals surface area contributed by atoms with Crippen molar-refractivity contribution in [3.63, 3.8) is 0 Å². The Morgan fingerprint density at radius 3 is 2.58 bits per heavy atom. The average Bonchev–Trinajstić information content (AvgIpc) is 2.37. The van der Waals surface area contributed by atoms with Gasteiger partial charge in [-0.25, -0.2) is 0 Å². The smallest absolute Gasteiger partial charge is 0.0501 e. The van der Waals surface area contributed by atoms with E-state index in [-0.39, 0.29) is 0 Å². The van der Waals surface area contributed by atoms with E-state index < -0.39 is 10.8 Å². The molecule has 0 aliphatic carbocycles. The first-order valence-corrected chi connectivity index (χ1v) is 8.73. The van der Waals surface area contributed by atoms with Crippen LogP contribution >= 0.6 is 11.6 Å². The van der Waals surface area contributed by atoms with Crippen LogP contribution in [0.1, 0.15) is 32.8 Å². The highest BCUT2D eigenvalue weighted by molar-refractivity contribution is 7.84. The van der Waals surface area contributed by atoms with E-state index in [2.05, 4.69) is 26.1 Å². The topological polar surface area (TPSA) is 29.1 Å². The first-order valence-electron chi connectivity index (χ1n) is 6.86. The molecule has 19 heavy (non-hydrogen) atoms. The Morgan fingerprint density at radius 1 is 1.32 bits per heavy atom. The monoisotopic (exact) mass is 301 g/mol. The summed E-state index contributed by atoms with van der Waals surface area (Å²) in [5.41, 5.74) is 0.973. The summed E-state index contributed by atoms with van der Waals surface area (Å²) in [5, 5.41) is 4.18. The molecule has 0 amide bonds. The molecule has 108 valence electrons. The molecule has 0 saturated heterocycles. The van der Waals surface area contributed by atoms with Gasteiger partial charge in [-0.1, -0.05) is 50.6 Å². The SMILES string of the molecule is CCCNC(CS(=O)Cc1ccccc1Cl)C(C)C. The maximum absolute atomic E-state index is 12.3. The van der Waals surface area contributed by atoms with Crippen molar-refractivity contribution in [1.82, 2.24) is 5.32 Å². The maximum atomic E-state index is 12.3. The van der Waals surface area contributed by atoms with Gasteiger partial charge in [0, 0.05) is 27.6 Å². The number of rotatable bonds is 8. The van der Waals surface area contributed by atoms with Crippen LogP contribution in [0.25, 0.3) is 0 Å². The van der Waals surface area contributed by atoms with E-state index in [0.29, 0.717) is 28.5 Å². The first kappa shape index (κ1) is 16.7. The molecular formula is C15H24ClNOS. The molecule has 2 nitrogen and oxygen atoms in total. The van der Waals surface area contributed by atoms with Crippen molar-refractivity contribution in [2.75, 3.05) is 12.3 Å². The molecule has 1 N–H and O–H groups in total. The van der Waals surface area contributed by atoms with E-state index in [0.717, 1.165) is 18.5 Å². The first-order chi connectivity index (χ1) is 9.04. The quantitative estimate of drug-likeness (QED) is 0.794. The molecule has 1 aromatic carbocycles. The summed E-state index contributed by atoms with van der Waals surface area (Å²) < 4.78 is 12.3. The standard InChI is InChI=1S/C15H24ClNOS/c1-4-9-17-15(12(2)3)11-19(18)10-13-7-5-6-8-14(13)16/h5-8,12,15,17H,4,9-11H2,1-3H3. The van der Waals surface area contributed by atoms with E-state index in [1.807, 2.05) is 24.3 Å². The number of halogens is 1. The van der Waals surface area contributed by atoms with Crippen molar-refractivity contribution >= 4 is 22.4 Å². The van der Waals surface area contributed by atoms with Gasteiger partial charge in [0.05, 0.1) is 5.75 Å². The Kier molecular flexibility index (Phi) is 7.66. The minimum absolute atomic E-state index is 0.309. The Morgan fingerprint density at radius 2 is 2.00 bits per heavy atom. The highest BCUT2D eigenvalue weighted by Gasteiger charge is 2.16. The van der Waals surface area contributed by atoms with Crippen LogP contribution in [0.4, 0.5) is 0 Å². The van der Waals surface area contributed by atoms with Crippen LogP contribution in [-0.4, -0.2) is 22.5 Å². The van der Waals surface area contributed by atoms with Crippen molar-refractivity contribution in [3.05, 3.63) is 34.9 Å². The number of hydrogen-bond donors (Lipinski definition) is 1. The van der Waals surface area contributed by atoms with Crippen LogP contribution in [0.15, 0.2) is 24.3 Å². The fraction of sp³-hybridized carbons (Fsp3) is 0.600. The molecule has 0 saturated carbocycles. The zero-order valence-corrected chi connectivity index (χ0v) is 13.6. The van der Waals surface area contributed by atoms with Crippen molar-refractivity contribution < 1.29 is 4.21 Å². The second kappa shape index (κ2) is 8.72. The fourth-order valence-electron chi connectivity index (χ4n) is 1.86. The van der Waals surface area contributed by atoms with Crippen LogP contribution in [0.2, 0.25) is 5.02 Å². The second-order valence-corrected chi connectivity index (χ2v) is 7.06. The summed E-state index contributed by atoms with van der Waals surface area (Å²) in [6.07, 6.45) is 1.10. The summed E-state index contributed by atoms with van der Waals surface area (Å²) in [6, 6.07) is 7.94. The highest BCUT2D eigenvalue weighted by atomic mass is 35.5. The molecule has 4 heteroatoms. The number of nitrogens with one attached hydrogen (secondary N) is 1. The predicted molar refractivity (Wildman–Crippen MR) is 85.1 cm³/mol. The lowest BCUT2D eigenvalue weighted by molar-refractivity contribution is 0.431. The summed E-state index contributed by atoms with van der Waals surface area (Å²) in [5.74, 6) is 1.71. The molecule has 0 heterocycles. The van der Waals surface area contributed by atoms with Crippen LogP contribution < -0.4 is 5.32 Å². The number of benzene rings is 1. The lowest BCUT2D eigenvalue weighted by Gasteiger charge is -2.22. The van der Waals surface area contributed by atoms with Crippen molar-refractivity contribution in [2.45, 2.75) is 39.0 Å². The van der Waals surface area contributed by atoms with E-state index >= 15 is 0 Å². The average molecular weight is 302 g/mol. The normalized spacial score (nSPS) is 14.6. The van der Waals surface area contributed by atoms with Gasteiger partial charge in [-0.15, -0.1) is 0 Å². The van der Waals surface area contributed by atoms with Crippen molar-refractivity contribution in [1.29, 1.82) is 0 Å². The Balaban J connectivity index is 2.55. The molecule has 2 atom stereocenters. The molecule has 0 fully saturated rings. The summed E-state index contributed by atoms with van der Waals surface area (Å²) in [6.45, 7) is 7.46. The Bertz CT molecular complexity index is 409. The summed E-state index contributed by atoms with van der Waals surface area (Å²) >= 11 is 6.10. The van der Waals surface area contributed by atoms with Gasteiger partial charge < -0.3 is 5.32 Å². The van der Waals surface area contributed by atoms with Gasteiger partial charge in [-0.05, 0) is 30.5 Å². The zero-order valence-electron chi connectivity index (χ0n) is 12.0. The van der Waals surface area contributed by atoms with Crippen LogP contribution in [0.3, 0.4) is 0 Å². The van der Waals surface area contributed by atoms with E-state index in [9.17, 15) is 4.21 Å². The minimum atomic E-state index is -0.882. The van der Waals surface area contributed by atoms with Crippen LogP contribution in [0.5, 0.6) is 0 Å². The molecule has 0 bridgehead atoms. The highest BCUT2D eigenvalue weighted by Crippen LogP contribution is 2.17. The third-order valence-corrected chi connectivity index (χ3v) is 4.83. The van der Waals surface area contributed by atoms with E-state index in [1.165, 1.54) is 0 Å². The Labute approximate surface area is 124 Å². The molecule has 1 rings (SSSR count). The van der Waals surface area contributed by atoms with Crippen molar-refractivity contribution in [3.8, 4) is 0 Å². The van der Waals surface area contributed by atoms with Gasteiger partial charge in [0.15, 0.2) is 0 Å². The molecule has 0 radical (unpaired) electrons. The minimum Gasteiger partial charge on any atom is -0.313 e. The lowest BCUT2D eigenvalue weighted by Crippen LogP contribution is -2.39. The van der Waals surface area contributed by atoms with Gasteiger partial charge in [0.2, 0.25) is 0 Å². The largest absolute Gasteiger partial charge is 0.313 e. The molecule has 0 aromatic heterocycles. The predicted octanol–water partition coefficient (Wildman–Crippen LogP) is 3.61. The third kappa shape index (κ3) is 6.07. The van der Waals surface area contributed by atoms with Crippen molar-refractivity contribution in [2.24, 2.45) is 5.92 Å². The van der Waals surface area contributed by atoms with Gasteiger partial charge >= 0.3 is 0 Å². The van der Waals surface area contributed by atoms with Crippen LogP contribution in [-0.2, 0) is 16.6 Å². The van der Waals surface area contributed by atoms with Gasteiger partial charge in [-0.2, -0.15) is 0 Å². The molecule has 0 aliphatic heterocycles. The Hall–Kier alpha value is -0.380. The zero-order chi connectivity index (χ0) is 14.3. The van der Waals surface area contributed by atoms with Crippen LogP contribution in [0, 0.1) is 5.92 Å². The number of hydrogen-bond acceptors (Lipinski definition) is 2. The van der Waals surface area contributed by atoms with Gasteiger partial charge in [-0.3, -0.25) is 4.21 Å². The molecule has 2 unspecified atom stereocenters. The molecular weight excluding hydrogens is 278 g/mol. The molecule has 1 aromatic rings. The fourth-order valence-corrected chi connectivity index (χ4v) is 3.77. The molecule has 0 aliphatic rings.